The van der Waals surface area contributed by atoms with E-state index in [1.807, 2.05) is 36.4 Å². The average Bonchev–Trinajstić information content (AvgIpc) is 2.77. The number of ether oxygens (including phenoxy) is 3. The molecule has 3 aromatic carbocycles. The van der Waals surface area contributed by atoms with Crippen molar-refractivity contribution in [1.29, 1.82) is 0 Å². The fourth-order valence-corrected chi connectivity index (χ4v) is 3.48. The van der Waals surface area contributed by atoms with E-state index >= 15 is 0 Å². The zero-order chi connectivity index (χ0) is 22.4. The van der Waals surface area contributed by atoms with E-state index in [9.17, 15) is 9.90 Å². The highest BCUT2D eigenvalue weighted by atomic mass is 79.9. The number of carboxylic acids is 1. The van der Waals surface area contributed by atoms with Crippen LogP contribution in [0.1, 0.15) is 21.5 Å². The standard InChI is InChI=1S/C23H21BrClNO5/c1-29-20-8-5-15(23(27)28)9-19(20)26-12-16-10-21(30-2)22(11-18(16)24)31-13-14-3-6-17(25)7-4-14/h3-11,26H,12-13H2,1-2H3,(H,27,28). The average molecular weight is 507 g/mol. The summed E-state index contributed by atoms with van der Waals surface area (Å²) in [7, 11) is 3.11. The molecule has 0 aliphatic rings. The number of aromatic carboxylic acids is 1. The van der Waals surface area contributed by atoms with Gasteiger partial charge in [0.2, 0.25) is 0 Å². The fourth-order valence-electron chi connectivity index (χ4n) is 2.90. The molecule has 0 amide bonds. The van der Waals surface area contributed by atoms with Gasteiger partial charge in [0, 0.05) is 16.0 Å². The van der Waals surface area contributed by atoms with E-state index in [1.165, 1.54) is 19.2 Å². The van der Waals surface area contributed by atoms with Crippen molar-refractivity contribution in [2.75, 3.05) is 19.5 Å². The molecule has 0 saturated heterocycles. The van der Waals surface area contributed by atoms with E-state index in [-0.39, 0.29) is 5.56 Å². The predicted octanol–water partition coefficient (Wildman–Crippen LogP) is 6.01. The molecular weight excluding hydrogens is 486 g/mol. The summed E-state index contributed by atoms with van der Waals surface area (Å²) in [4.78, 5) is 11.3. The van der Waals surface area contributed by atoms with Gasteiger partial charge in [0.1, 0.15) is 12.4 Å². The number of rotatable bonds is 9. The molecule has 2 N–H and O–H groups in total. The smallest absolute Gasteiger partial charge is 0.335 e. The van der Waals surface area contributed by atoms with Crippen molar-refractivity contribution < 1.29 is 24.1 Å². The molecule has 8 heteroatoms. The van der Waals surface area contributed by atoms with Gasteiger partial charge in [0.25, 0.3) is 0 Å². The Hall–Kier alpha value is -2.90. The van der Waals surface area contributed by atoms with Crippen LogP contribution in [0, 0.1) is 0 Å². The van der Waals surface area contributed by atoms with Crippen LogP contribution in [0.3, 0.4) is 0 Å². The molecule has 0 fully saturated rings. The van der Waals surface area contributed by atoms with Gasteiger partial charge in [0.05, 0.1) is 25.5 Å². The topological polar surface area (TPSA) is 77.0 Å². The second-order valence-electron chi connectivity index (χ2n) is 6.58. The Labute approximate surface area is 193 Å². The molecule has 0 atom stereocenters. The van der Waals surface area contributed by atoms with Gasteiger partial charge in [-0.25, -0.2) is 4.79 Å². The molecule has 0 bridgehead atoms. The second-order valence-corrected chi connectivity index (χ2v) is 7.87. The first-order valence-corrected chi connectivity index (χ1v) is 10.5. The van der Waals surface area contributed by atoms with Crippen LogP contribution >= 0.6 is 27.5 Å². The lowest BCUT2D eigenvalue weighted by Crippen LogP contribution is -2.05. The molecule has 6 nitrogen and oxygen atoms in total. The van der Waals surface area contributed by atoms with E-state index < -0.39 is 5.97 Å². The molecule has 3 aromatic rings. The first-order chi connectivity index (χ1) is 14.9. The lowest BCUT2D eigenvalue weighted by atomic mass is 10.1. The van der Waals surface area contributed by atoms with E-state index in [1.54, 1.807) is 13.2 Å². The Kier molecular flexibility index (Phi) is 7.65. The summed E-state index contributed by atoms with van der Waals surface area (Å²) in [6.45, 7) is 0.782. The number of halogens is 2. The summed E-state index contributed by atoms with van der Waals surface area (Å²) < 4.78 is 17.6. The summed E-state index contributed by atoms with van der Waals surface area (Å²) in [5, 5.41) is 13.1. The second kappa shape index (κ2) is 10.4. The number of carbonyl (C=O) groups is 1. The maximum atomic E-state index is 11.3. The molecule has 0 aliphatic heterocycles. The third kappa shape index (κ3) is 5.83. The lowest BCUT2D eigenvalue weighted by Gasteiger charge is -2.16. The van der Waals surface area contributed by atoms with Gasteiger partial charge in [-0.2, -0.15) is 0 Å². The summed E-state index contributed by atoms with van der Waals surface area (Å²) in [5.41, 5.74) is 2.64. The van der Waals surface area contributed by atoms with Crippen LogP contribution in [0.2, 0.25) is 5.02 Å². The lowest BCUT2D eigenvalue weighted by molar-refractivity contribution is 0.0697. The predicted molar refractivity (Wildman–Crippen MR) is 124 cm³/mol. The highest BCUT2D eigenvalue weighted by molar-refractivity contribution is 9.10. The SMILES string of the molecule is COc1ccc(C(=O)O)cc1NCc1cc(OC)c(OCc2ccc(Cl)cc2)cc1Br. The first-order valence-electron chi connectivity index (χ1n) is 9.30. The van der Waals surface area contributed by atoms with Crippen LogP contribution in [0.15, 0.2) is 59.1 Å². The molecule has 0 saturated carbocycles. The monoisotopic (exact) mass is 505 g/mol. The third-order valence-corrected chi connectivity index (χ3v) is 5.55. The quantitative estimate of drug-likeness (QED) is 0.370. The Morgan fingerprint density at radius 3 is 2.35 bits per heavy atom. The number of methoxy groups -OCH3 is 2. The summed E-state index contributed by atoms with van der Waals surface area (Å²) in [5.74, 6) is 0.727. The molecule has 0 heterocycles. The summed E-state index contributed by atoms with van der Waals surface area (Å²) in [6.07, 6.45) is 0. The molecule has 0 spiro atoms. The maximum Gasteiger partial charge on any atom is 0.335 e. The Morgan fingerprint density at radius 1 is 1.00 bits per heavy atom. The minimum atomic E-state index is -1.00. The van der Waals surface area contributed by atoms with Crippen LogP contribution in [0.4, 0.5) is 5.69 Å². The molecule has 162 valence electrons. The van der Waals surface area contributed by atoms with Crippen molar-refractivity contribution >= 4 is 39.2 Å². The fraction of sp³-hybridized carbons (Fsp3) is 0.174. The van der Waals surface area contributed by atoms with Gasteiger partial charge in [-0.15, -0.1) is 0 Å². The van der Waals surface area contributed by atoms with E-state index in [4.69, 9.17) is 25.8 Å². The minimum Gasteiger partial charge on any atom is -0.495 e. The molecule has 31 heavy (non-hydrogen) atoms. The van der Waals surface area contributed by atoms with Crippen molar-refractivity contribution in [2.24, 2.45) is 0 Å². The van der Waals surface area contributed by atoms with Crippen LogP contribution in [0.25, 0.3) is 0 Å². The van der Waals surface area contributed by atoms with Gasteiger partial charge in [-0.05, 0) is 53.6 Å². The van der Waals surface area contributed by atoms with Crippen molar-refractivity contribution in [3.05, 3.63) is 80.8 Å². The van der Waals surface area contributed by atoms with Crippen molar-refractivity contribution in [2.45, 2.75) is 13.2 Å². The Morgan fingerprint density at radius 2 is 1.71 bits per heavy atom. The van der Waals surface area contributed by atoms with Crippen molar-refractivity contribution in [3.63, 3.8) is 0 Å². The molecule has 3 rings (SSSR count). The molecule has 0 aromatic heterocycles. The zero-order valence-electron chi connectivity index (χ0n) is 16.9. The van der Waals surface area contributed by atoms with Crippen molar-refractivity contribution in [1.82, 2.24) is 0 Å². The Bertz CT molecular complexity index is 1070. The first kappa shape index (κ1) is 22.8. The minimum absolute atomic E-state index is 0.172. The van der Waals surface area contributed by atoms with Crippen LogP contribution < -0.4 is 19.5 Å². The van der Waals surface area contributed by atoms with Crippen molar-refractivity contribution in [3.8, 4) is 17.2 Å². The van der Waals surface area contributed by atoms with Crippen LogP contribution in [0.5, 0.6) is 17.2 Å². The van der Waals surface area contributed by atoms with Gasteiger partial charge in [-0.3, -0.25) is 0 Å². The molecular formula is C23H21BrClNO5. The highest BCUT2D eigenvalue weighted by Crippen LogP contribution is 2.35. The number of anilines is 1. The molecule has 0 radical (unpaired) electrons. The number of hydrogen-bond acceptors (Lipinski definition) is 5. The van der Waals surface area contributed by atoms with Gasteiger partial charge >= 0.3 is 5.97 Å². The van der Waals surface area contributed by atoms with Crippen LogP contribution in [-0.4, -0.2) is 25.3 Å². The van der Waals surface area contributed by atoms with E-state index in [0.717, 1.165) is 15.6 Å². The van der Waals surface area contributed by atoms with Gasteiger partial charge in [0.15, 0.2) is 11.5 Å². The summed E-state index contributed by atoms with van der Waals surface area (Å²) >= 11 is 9.50. The number of hydrogen-bond donors (Lipinski definition) is 2. The van der Waals surface area contributed by atoms with Crippen LogP contribution in [-0.2, 0) is 13.2 Å². The third-order valence-electron chi connectivity index (χ3n) is 4.56. The van der Waals surface area contributed by atoms with E-state index in [0.29, 0.717) is 41.1 Å². The largest absolute Gasteiger partial charge is 0.495 e. The Balaban J connectivity index is 1.76. The highest BCUT2D eigenvalue weighted by Gasteiger charge is 2.13. The molecule has 0 aliphatic carbocycles. The number of nitrogens with one attached hydrogen (secondary N) is 1. The molecule has 0 unspecified atom stereocenters. The number of benzene rings is 3. The normalized spacial score (nSPS) is 10.5. The maximum absolute atomic E-state index is 11.3. The number of carboxylic acid groups (broad SMARTS) is 1. The van der Waals surface area contributed by atoms with E-state index in [2.05, 4.69) is 21.2 Å². The van der Waals surface area contributed by atoms with Gasteiger partial charge < -0.3 is 24.6 Å². The van der Waals surface area contributed by atoms with Gasteiger partial charge in [-0.1, -0.05) is 39.7 Å². The summed E-state index contributed by atoms with van der Waals surface area (Å²) in [6, 6.07) is 15.8. The zero-order valence-corrected chi connectivity index (χ0v) is 19.3.